The summed E-state index contributed by atoms with van der Waals surface area (Å²) in [5, 5.41) is 21.3. The Labute approximate surface area is 157 Å². The topological polar surface area (TPSA) is 142 Å². The number of nitrogens with one attached hydrogen (secondary N) is 1. The fraction of sp³-hybridized carbons (Fsp3) is 0.125. The van der Waals surface area contributed by atoms with Crippen molar-refractivity contribution in [2.24, 2.45) is 0 Å². The largest absolute Gasteiger partial charge is 0.335 e. The third-order valence-electron chi connectivity index (χ3n) is 3.56. The number of non-ortho nitro benzene ring substituents is 1. The minimum absolute atomic E-state index is 0.101. The number of thioether (sulfide) groups is 1. The monoisotopic (exact) mass is 385 g/mol. The van der Waals surface area contributed by atoms with Gasteiger partial charge < -0.3 is 11.2 Å². The molecule has 27 heavy (non-hydrogen) atoms. The molecule has 1 amide bonds. The Morgan fingerprint density at radius 3 is 2.85 bits per heavy atom. The zero-order valence-electron chi connectivity index (χ0n) is 14.1. The summed E-state index contributed by atoms with van der Waals surface area (Å²) in [6.07, 6.45) is 3.25. The van der Waals surface area contributed by atoms with Gasteiger partial charge in [-0.15, -0.1) is 10.2 Å². The Morgan fingerprint density at radius 1 is 1.33 bits per heavy atom. The highest BCUT2D eigenvalue weighted by Crippen LogP contribution is 2.25. The predicted octanol–water partition coefficient (Wildman–Crippen LogP) is 2.08. The Bertz CT molecular complexity index is 977. The second-order valence-electron chi connectivity index (χ2n) is 5.47. The molecule has 0 saturated carbocycles. The van der Waals surface area contributed by atoms with E-state index in [0.29, 0.717) is 22.2 Å². The average Bonchev–Trinajstić information content (AvgIpc) is 3.03. The predicted molar refractivity (Wildman–Crippen MR) is 100 cm³/mol. The van der Waals surface area contributed by atoms with Crippen LogP contribution in [0.25, 0.3) is 11.4 Å². The fourth-order valence-corrected chi connectivity index (χ4v) is 2.97. The van der Waals surface area contributed by atoms with Crippen molar-refractivity contribution in [3.63, 3.8) is 0 Å². The molecule has 1 aromatic carbocycles. The third-order valence-corrected chi connectivity index (χ3v) is 4.62. The van der Waals surface area contributed by atoms with Crippen LogP contribution in [0.1, 0.15) is 6.92 Å². The third kappa shape index (κ3) is 4.20. The molecule has 2 heterocycles. The number of hydrogen-bond acceptors (Lipinski definition) is 8. The number of carbonyl (C=O) groups is 1. The van der Waals surface area contributed by atoms with Gasteiger partial charge in [-0.3, -0.25) is 19.9 Å². The minimum Gasteiger partial charge on any atom is -0.335 e. The molecule has 0 aliphatic heterocycles. The van der Waals surface area contributed by atoms with Gasteiger partial charge in [0, 0.05) is 35.8 Å². The highest BCUT2D eigenvalue weighted by molar-refractivity contribution is 8.00. The summed E-state index contributed by atoms with van der Waals surface area (Å²) < 4.78 is 1.29. The number of nitrogen functional groups attached to an aromatic ring is 1. The van der Waals surface area contributed by atoms with Crippen molar-refractivity contribution in [3.8, 4) is 11.4 Å². The first-order valence-corrected chi connectivity index (χ1v) is 8.66. The molecule has 11 heteroatoms. The van der Waals surface area contributed by atoms with Crippen molar-refractivity contribution in [1.29, 1.82) is 0 Å². The highest BCUT2D eigenvalue weighted by Gasteiger charge is 2.20. The van der Waals surface area contributed by atoms with E-state index in [-0.39, 0.29) is 11.6 Å². The number of carbonyl (C=O) groups excluding carboxylic acids is 1. The molecule has 1 atom stereocenters. The van der Waals surface area contributed by atoms with Crippen LogP contribution in [0.2, 0.25) is 0 Å². The van der Waals surface area contributed by atoms with Crippen LogP contribution in [0, 0.1) is 10.1 Å². The molecule has 2 aromatic heterocycles. The number of nitrogens with two attached hydrogens (primary N) is 1. The van der Waals surface area contributed by atoms with Gasteiger partial charge in [0.15, 0.2) is 5.82 Å². The van der Waals surface area contributed by atoms with E-state index in [1.807, 2.05) is 0 Å². The number of nitrogens with zero attached hydrogens (tertiary/aromatic N) is 5. The van der Waals surface area contributed by atoms with Crippen molar-refractivity contribution in [2.45, 2.75) is 17.3 Å². The number of hydrogen-bond donors (Lipinski definition) is 2. The first-order chi connectivity index (χ1) is 13.0. The van der Waals surface area contributed by atoms with Crippen LogP contribution in [-0.2, 0) is 4.79 Å². The lowest BCUT2D eigenvalue weighted by Gasteiger charge is -2.11. The van der Waals surface area contributed by atoms with Crippen molar-refractivity contribution >= 4 is 29.0 Å². The summed E-state index contributed by atoms with van der Waals surface area (Å²) in [6.45, 7) is 1.68. The van der Waals surface area contributed by atoms with Gasteiger partial charge in [-0.25, -0.2) is 4.68 Å². The van der Waals surface area contributed by atoms with Crippen molar-refractivity contribution in [3.05, 3.63) is 58.9 Å². The fourth-order valence-electron chi connectivity index (χ4n) is 2.20. The highest BCUT2D eigenvalue weighted by atomic mass is 32.2. The standard InChI is InChI=1S/C16H15N7O3S/c1-10(15(24)19-12-5-2-6-13(8-12)23(25)26)27-16-21-20-14(22(16)17)11-4-3-7-18-9-11/h2-10H,17H2,1H3,(H,19,24)/t10-/m0/s1. The van der Waals surface area contributed by atoms with Crippen LogP contribution in [0.4, 0.5) is 11.4 Å². The molecular weight excluding hydrogens is 370 g/mol. The SMILES string of the molecule is C[C@H](Sc1nnc(-c2cccnc2)n1N)C(=O)Nc1cccc([N+](=O)[O-])c1. The normalized spacial score (nSPS) is 11.7. The van der Waals surface area contributed by atoms with Crippen LogP contribution in [-0.4, -0.2) is 35.9 Å². The first-order valence-electron chi connectivity index (χ1n) is 7.78. The number of pyridine rings is 1. The van der Waals surface area contributed by atoms with E-state index in [1.54, 1.807) is 37.5 Å². The van der Waals surface area contributed by atoms with Gasteiger partial charge in [-0.05, 0) is 25.1 Å². The molecule has 138 valence electrons. The zero-order valence-corrected chi connectivity index (χ0v) is 15.0. The van der Waals surface area contributed by atoms with E-state index in [4.69, 9.17) is 5.84 Å². The number of rotatable bonds is 6. The number of anilines is 1. The molecule has 0 spiro atoms. The molecule has 10 nitrogen and oxygen atoms in total. The van der Waals surface area contributed by atoms with Crippen LogP contribution < -0.4 is 11.2 Å². The molecule has 0 radical (unpaired) electrons. The van der Waals surface area contributed by atoms with Crippen LogP contribution in [0.15, 0.2) is 53.9 Å². The molecule has 0 saturated heterocycles. The molecule has 0 bridgehead atoms. The second kappa shape index (κ2) is 7.83. The lowest BCUT2D eigenvalue weighted by Crippen LogP contribution is -2.23. The molecule has 0 unspecified atom stereocenters. The maximum atomic E-state index is 12.4. The number of aromatic nitrogens is 4. The van der Waals surface area contributed by atoms with E-state index in [2.05, 4.69) is 20.5 Å². The summed E-state index contributed by atoms with van der Waals surface area (Å²) in [5.74, 6) is 6.11. The number of amides is 1. The first kappa shape index (κ1) is 18.3. The van der Waals surface area contributed by atoms with Crippen molar-refractivity contribution < 1.29 is 9.72 Å². The minimum atomic E-state index is -0.558. The van der Waals surface area contributed by atoms with Crippen molar-refractivity contribution in [1.82, 2.24) is 19.9 Å². The van der Waals surface area contributed by atoms with Crippen molar-refractivity contribution in [2.75, 3.05) is 11.2 Å². The van der Waals surface area contributed by atoms with Gasteiger partial charge in [0.05, 0.1) is 10.2 Å². The number of benzene rings is 1. The maximum absolute atomic E-state index is 12.4. The second-order valence-corrected chi connectivity index (χ2v) is 6.78. The lowest BCUT2D eigenvalue weighted by atomic mass is 10.2. The quantitative estimate of drug-likeness (QED) is 0.284. The maximum Gasteiger partial charge on any atom is 0.271 e. The number of nitro groups is 1. The molecule has 3 N–H and O–H groups in total. The summed E-state index contributed by atoms with van der Waals surface area (Å²) in [5.41, 5.74) is 0.941. The Balaban J connectivity index is 1.69. The van der Waals surface area contributed by atoms with Crippen LogP contribution >= 0.6 is 11.8 Å². The summed E-state index contributed by atoms with van der Waals surface area (Å²) in [7, 11) is 0. The van der Waals surface area contributed by atoms with Crippen LogP contribution in [0.3, 0.4) is 0 Å². The van der Waals surface area contributed by atoms with Gasteiger partial charge in [0.1, 0.15) is 0 Å². The van der Waals surface area contributed by atoms with Gasteiger partial charge in [-0.2, -0.15) is 0 Å². The van der Waals surface area contributed by atoms with Gasteiger partial charge in [0.25, 0.3) is 5.69 Å². The van der Waals surface area contributed by atoms with Gasteiger partial charge in [-0.1, -0.05) is 17.8 Å². The number of nitro benzene ring substituents is 1. The summed E-state index contributed by atoms with van der Waals surface area (Å²) >= 11 is 1.12. The molecular formula is C16H15N7O3S. The van der Waals surface area contributed by atoms with E-state index in [9.17, 15) is 14.9 Å². The molecule has 0 aliphatic carbocycles. The van der Waals surface area contributed by atoms with E-state index in [1.165, 1.54) is 22.9 Å². The van der Waals surface area contributed by atoms with Crippen LogP contribution in [0.5, 0.6) is 0 Å². The summed E-state index contributed by atoms with van der Waals surface area (Å²) in [4.78, 5) is 26.7. The Kier molecular flexibility index (Phi) is 5.31. The van der Waals surface area contributed by atoms with Gasteiger partial charge >= 0.3 is 0 Å². The average molecular weight is 385 g/mol. The molecule has 3 aromatic rings. The molecule has 3 rings (SSSR count). The lowest BCUT2D eigenvalue weighted by molar-refractivity contribution is -0.384. The molecule has 0 fully saturated rings. The van der Waals surface area contributed by atoms with E-state index >= 15 is 0 Å². The van der Waals surface area contributed by atoms with E-state index in [0.717, 1.165) is 11.8 Å². The Hall–Kier alpha value is -3.47. The smallest absolute Gasteiger partial charge is 0.271 e. The molecule has 0 aliphatic rings. The van der Waals surface area contributed by atoms with Gasteiger partial charge in [0.2, 0.25) is 11.1 Å². The summed E-state index contributed by atoms with van der Waals surface area (Å²) in [6, 6.07) is 9.28. The Morgan fingerprint density at radius 2 is 2.15 bits per heavy atom. The zero-order chi connectivity index (χ0) is 19.4. The van der Waals surface area contributed by atoms with E-state index < -0.39 is 10.2 Å².